The van der Waals surface area contributed by atoms with Crippen LogP contribution in [0.1, 0.15) is 22.7 Å². The summed E-state index contributed by atoms with van der Waals surface area (Å²) in [5.41, 5.74) is 3.88. The Morgan fingerprint density at radius 2 is 1.58 bits per heavy atom. The number of aromatic nitrogens is 6. The molecule has 0 aliphatic heterocycles. The molecule has 0 atom stereocenters. The van der Waals surface area contributed by atoms with Gasteiger partial charge in [0.05, 0.1) is 28.9 Å². The summed E-state index contributed by atoms with van der Waals surface area (Å²) in [6, 6.07) is 28.6. The van der Waals surface area contributed by atoms with E-state index < -0.39 is 5.92 Å². The molecule has 0 spiro atoms. The summed E-state index contributed by atoms with van der Waals surface area (Å²) in [6.07, 6.45) is 3.14. The maximum absolute atomic E-state index is 13.8. The zero-order valence-electron chi connectivity index (χ0n) is 20.4. The van der Waals surface area contributed by atoms with Crippen molar-refractivity contribution in [3.8, 4) is 11.5 Å². The van der Waals surface area contributed by atoms with E-state index in [1.54, 1.807) is 21.6 Å². The van der Waals surface area contributed by atoms with E-state index in [9.17, 15) is 4.79 Å². The third-order valence-electron chi connectivity index (χ3n) is 6.21. The Bertz CT molecular complexity index is 1710. The highest BCUT2D eigenvalue weighted by atomic mass is 35.5. The lowest BCUT2D eigenvalue weighted by molar-refractivity contribution is -0.116. The van der Waals surface area contributed by atoms with Crippen LogP contribution in [0.5, 0.6) is 0 Å². The van der Waals surface area contributed by atoms with Gasteiger partial charge in [-0.25, -0.2) is 14.6 Å². The predicted molar refractivity (Wildman–Crippen MR) is 147 cm³/mol. The van der Waals surface area contributed by atoms with Gasteiger partial charge in [0, 0.05) is 11.1 Å². The van der Waals surface area contributed by atoms with Gasteiger partial charge in [-0.05, 0) is 36.2 Å². The van der Waals surface area contributed by atoms with Gasteiger partial charge in [0.2, 0.25) is 5.91 Å². The van der Waals surface area contributed by atoms with Gasteiger partial charge < -0.3 is 5.32 Å². The molecule has 0 fully saturated rings. The van der Waals surface area contributed by atoms with Crippen molar-refractivity contribution in [1.82, 2.24) is 29.5 Å². The highest BCUT2D eigenvalue weighted by molar-refractivity contribution is 6.30. The Morgan fingerprint density at radius 1 is 0.868 bits per heavy atom. The van der Waals surface area contributed by atoms with E-state index >= 15 is 0 Å². The van der Waals surface area contributed by atoms with Crippen LogP contribution in [-0.2, 0) is 4.79 Å². The van der Waals surface area contributed by atoms with Crippen LogP contribution in [0.4, 0.5) is 5.82 Å². The average molecular weight is 520 g/mol. The van der Waals surface area contributed by atoms with Gasteiger partial charge in [0.1, 0.15) is 12.1 Å². The highest BCUT2D eigenvalue weighted by Gasteiger charge is 2.25. The van der Waals surface area contributed by atoms with Crippen LogP contribution in [0, 0.1) is 6.92 Å². The Morgan fingerprint density at radius 3 is 2.26 bits per heavy atom. The molecule has 3 heterocycles. The third kappa shape index (κ3) is 4.42. The average Bonchev–Trinajstić information content (AvgIpc) is 3.53. The number of nitrogens with one attached hydrogen (secondary N) is 1. The number of anilines is 1. The lowest BCUT2D eigenvalue weighted by atomic mass is 9.90. The lowest BCUT2D eigenvalue weighted by Gasteiger charge is -2.18. The number of nitrogens with zero attached hydrogens (tertiary/aromatic N) is 6. The number of benzene rings is 3. The first-order chi connectivity index (χ1) is 18.6. The zero-order chi connectivity index (χ0) is 26.1. The van der Waals surface area contributed by atoms with Crippen LogP contribution >= 0.6 is 11.6 Å². The number of hydrogen-bond acceptors (Lipinski definition) is 5. The molecule has 1 amide bonds. The summed E-state index contributed by atoms with van der Waals surface area (Å²) in [4.78, 5) is 22.7. The molecule has 9 heteroatoms. The standard InChI is InChI=1S/C29H22ClN7O/c1-19-15-25(34-29(38)26(20-9-4-2-5-10-20)21-11-6-3-7-12-21)37(35-19)28-24-17-33-36(27(24)31-18-32-28)23-14-8-13-22(30)16-23/h2-18,26H,1H3,(H,34,38). The summed E-state index contributed by atoms with van der Waals surface area (Å²) in [7, 11) is 0. The first-order valence-electron chi connectivity index (χ1n) is 12.0. The molecule has 3 aromatic heterocycles. The molecule has 0 saturated heterocycles. The second kappa shape index (κ2) is 9.91. The Kier molecular flexibility index (Phi) is 6.15. The van der Waals surface area contributed by atoms with E-state index in [0.29, 0.717) is 27.7 Å². The van der Waals surface area contributed by atoms with Crippen molar-refractivity contribution in [2.45, 2.75) is 12.8 Å². The summed E-state index contributed by atoms with van der Waals surface area (Å²) in [5.74, 6) is 0.322. The normalized spacial score (nSPS) is 11.2. The molecule has 0 aliphatic carbocycles. The fourth-order valence-electron chi connectivity index (χ4n) is 4.53. The first kappa shape index (κ1) is 23.6. The Balaban J connectivity index is 1.40. The molecule has 1 N–H and O–H groups in total. The smallest absolute Gasteiger partial charge is 0.237 e. The van der Waals surface area contributed by atoms with Crippen molar-refractivity contribution in [2.24, 2.45) is 0 Å². The SMILES string of the molecule is Cc1cc(NC(=O)C(c2ccccc2)c2ccccc2)n(-c2ncnc3c2cnn3-c2cccc(Cl)c2)n1. The van der Waals surface area contributed by atoms with Crippen LogP contribution < -0.4 is 5.32 Å². The minimum atomic E-state index is -0.503. The highest BCUT2D eigenvalue weighted by Crippen LogP contribution is 2.29. The quantitative estimate of drug-likeness (QED) is 0.303. The van der Waals surface area contributed by atoms with Crippen LogP contribution in [0.15, 0.2) is 104 Å². The van der Waals surface area contributed by atoms with E-state index in [2.05, 4.69) is 25.5 Å². The molecule has 0 aliphatic rings. The van der Waals surface area contributed by atoms with Crippen molar-refractivity contribution in [3.05, 3.63) is 125 Å². The molecule has 8 nitrogen and oxygen atoms in total. The largest absolute Gasteiger partial charge is 0.310 e. The predicted octanol–water partition coefficient (Wildman–Crippen LogP) is 5.73. The minimum absolute atomic E-state index is 0.177. The third-order valence-corrected chi connectivity index (χ3v) is 6.44. The van der Waals surface area contributed by atoms with Gasteiger partial charge in [0.15, 0.2) is 11.5 Å². The molecule has 0 radical (unpaired) electrons. The topological polar surface area (TPSA) is 90.5 Å². The second-order valence-corrected chi connectivity index (χ2v) is 9.23. The Hall–Kier alpha value is -4.82. The lowest BCUT2D eigenvalue weighted by Crippen LogP contribution is -2.23. The van der Waals surface area contributed by atoms with Crippen LogP contribution in [0.2, 0.25) is 5.02 Å². The number of hydrogen-bond donors (Lipinski definition) is 1. The van der Waals surface area contributed by atoms with Crippen LogP contribution in [-0.4, -0.2) is 35.4 Å². The summed E-state index contributed by atoms with van der Waals surface area (Å²) in [6.45, 7) is 1.87. The van der Waals surface area contributed by atoms with Gasteiger partial charge >= 0.3 is 0 Å². The van der Waals surface area contributed by atoms with Gasteiger partial charge in [-0.1, -0.05) is 78.3 Å². The first-order valence-corrected chi connectivity index (χ1v) is 12.4. The van der Waals surface area contributed by atoms with E-state index in [0.717, 1.165) is 22.5 Å². The monoisotopic (exact) mass is 519 g/mol. The van der Waals surface area contributed by atoms with Crippen molar-refractivity contribution in [3.63, 3.8) is 0 Å². The van der Waals surface area contributed by atoms with Gasteiger partial charge in [-0.3, -0.25) is 4.79 Å². The van der Waals surface area contributed by atoms with Gasteiger partial charge in [-0.15, -0.1) is 0 Å². The molecular formula is C29H22ClN7O. The second-order valence-electron chi connectivity index (χ2n) is 8.80. The molecule has 6 rings (SSSR count). The number of amides is 1. The number of fused-ring (bicyclic) bond motifs is 1. The molecule has 38 heavy (non-hydrogen) atoms. The zero-order valence-corrected chi connectivity index (χ0v) is 21.1. The molecule has 3 aromatic carbocycles. The number of rotatable bonds is 6. The van der Waals surface area contributed by atoms with Crippen molar-refractivity contribution >= 4 is 34.4 Å². The maximum Gasteiger partial charge on any atom is 0.237 e. The van der Waals surface area contributed by atoms with Gasteiger partial charge in [-0.2, -0.15) is 14.9 Å². The number of aryl methyl sites for hydroxylation is 1. The Labute approximate surface area is 223 Å². The van der Waals surface area contributed by atoms with E-state index in [4.69, 9.17) is 11.6 Å². The fourth-order valence-corrected chi connectivity index (χ4v) is 4.72. The molecular weight excluding hydrogens is 498 g/mol. The number of carbonyl (C=O) groups is 1. The molecule has 6 aromatic rings. The molecule has 0 saturated carbocycles. The summed E-state index contributed by atoms with van der Waals surface area (Å²) in [5, 5.41) is 13.5. The van der Waals surface area contributed by atoms with E-state index in [-0.39, 0.29) is 5.91 Å². The molecule has 186 valence electrons. The summed E-state index contributed by atoms with van der Waals surface area (Å²) < 4.78 is 3.32. The molecule has 0 unspecified atom stereocenters. The number of carbonyl (C=O) groups excluding carboxylic acids is 1. The maximum atomic E-state index is 13.8. The van der Waals surface area contributed by atoms with Crippen molar-refractivity contribution in [1.29, 1.82) is 0 Å². The van der Waals surface area contributed by atoms with Crippen LogP contribution in [0.3, 0.4) is 0 Å². The fraction of sp³-hybridized carbons (Fsp3) is 0.0690. The van der Waals surface area contributed by atoms with Crippen molar-refractivity contribution < 1.29 is 4.79 Å². The molecule has 0 bridgehead atoms. The summed E-state index contributed by atoms with van der Waals surface area (Å²) >= 11 is 6.20. The number of halogens is 1. The van der Waals surface area contributed by atoms with E-state index in [1.807, 2.05) is 91.9 Å². The minimum Gasteiger partial charge on any atom is -0.310 e. The van der Waals surface area contributed by atoms with Crippen molar-refractivity contribution in [2.75, 3.05) is 5.32 Å². The van der Waals surface area contributed by atoms with Gasteiger partial charge in [0.25, 0.3) is 0 Å². The van der Waals surface area contributed by atoms with Crippen LogP contribution in [0.25, 0.3) is 22.5 Å². The van der Waals surface area contributed by atoms with E-state index in [1.165, 1.54) is 6.33 Å².